The highest BCUT2D eigenvalue weighted by atomic mass is 32.2. The van der Waals surface area contributed by atoms with E-state index in [2.05, 4.69) is 4.40 Å². The molecule has 0 N–H and O–H groups in total. The van der Waals surface area contributed by atoms with E-state index >= 15 is 0 Å². The topological polar surface area (TPSA) is 89.9 Å². The molecule has 0 unspecified atom stereocenters. The molecule has 1 aromatic rings. The average Bonchev–Trinajstić information content (AvgIpc) is 2.38. The Labute approximate surface area is 114 Å². The fraction of sp³-hybridized carbons (Fsp3) is 0.273. The lowest BCUT2D eigenvalue weighted by Crippen LogP contribution is -2.12. The Bertz CT molecular complexity index is 632. The lowest BCUT2D eigenvalue weighted by molar-refractivity contribution is 0.0521. The van der Waals surface area contributed by atoms with Gasteiger partial charge in [0.05, 0.1) is 12.2 Å². The number of ether oxygens (including phenoxy) is 1. The van der Waals surface area contributed by atoms with Crippen molar-refractivity contribution in [2.24, 2.45) is 4.40 Å². The molecule has 0 saturated heterocycles. The third-order valence-electron chi connectivity index (χ3n) is 2.11. The van der Waals surface area contributed by atoms with Crippen molar-refractivity contribution in [2.45, 2.75) is 16.7 Å². The molecule has 0 spiro atoms. The fourth-order valence-electron chi connectivity index (χ4n) is 1.41. The molecule has 8 heteroatoms. The van der Waals surface area contributed by atoms with Gasteiger partial charge in [-0.25, -0.2) is 9.59 Å². The van der Waals surface area contributed by atoms with Gasteiger partial charge in [0.15, 0.2) is 0 Å². The maximum absolute atomic E-state index is 11.9. The van der Waals surface area contributed by atoms with E-state index in [0.29, 0.717) is 4.90 Å². The van der Waals surface area contributed by atoms with Gasteiger partial charge in [-0.2, -0.15) is 8.42 Å². The molecule has 0 atom stereocenters. The van der Waals surface area contributed by atoms with Gasteiger partial charge in [0.2, 0.25) is 0 Å². The normalized spacial score (nSPS) is 10.6. The second-order valence-corrected chi connectivity index (χ2v) is 5.60. The largest absolute Gasteiger partial charge is 0.462 e. The number of rotatable bonds is 5. The molecule has 0 amide bonds. The molecule has 0 aromatic heterocycles. The third kappa shape index (κ3) is 3.44. The number of sulfonamides is 1. The predicted octanol–water partition coefficient (Wildman–Crippen LogP) is 1.61. The van der Waals surface area contributed by atoms with Crippen LogP contribution in [0.2, 0.25) is 0 Å². The van der Waals surface area contributed by atoms with Gasteiger partial charge in [-0.3, -0.25) is 0 Å². The standard InChI is InChI=1S/C11H11NO5S2/c1-3-17-11(14)8-5-4-6-9(18-2)10(8)19(15,16)12-7-13/h4-6H,3H2,1-2H3. The molecule has 0 radical (unpaired) electrons. The van der Waals surface area contributed by atoms with Crippen molar-refractivity contribution >= 4 is 33.8 Å². The molecule has 0 aliphatic heterocycles. The summed E-state index contributed by atoms with van der Waals surface area (Å²) < 4.78 is 31.4. The van der Waals surface area contributed by atoms with E-state index in [9.17, 15) is 18.0 Å². The van der Waals surface area contributed by atoms with Gasteiger partial charge in [-0.15, -0.1) is 11.8 Å². The lowest BCUT2D eigenvalue weighted by Gasteiger charge is -2.09. The molecule has 0 heterocycles. The zero-order valence-corrected chi connectivity index (χ0v) is 11.9. The van der Waals surface area contributed by atoms with Crippen molar-refractivity contribution in [3.05, 3.63) is 23.8 Å². The summed E-state index contributed by atoms with van der Waals surface area (Å²) in [7, 11) is -4.27. The second kappa shape index (κ2) is 6.51. The summed E-state index contributed by atoms with van der Waals surface area (Å²) in [5, 5.41) is 0. The molecule has 6 nitrogen and oxygen atoms in total. The number of hydrogen-bond donors (Lipinski definition) is 0. The first-order chi connectivity index (χ1) is 8.97. The molecule has 0 aliphatic carbocycles. The van der Waals surface area contributed by atoms with Crippen molar-refractivity contribution in [3.63, 3.8) is 0 Å². The Morgan fingerprint density at radius 3 is 2.68 bits per heavy atom. The van der Waals surface area contributed by atoms with Crippen LogP contribution in [0.15, 0.2) is 32.4 Å². The Balaban J connectivity index is 3.58. The number of carbonyl (C=O) groups is 1. The molecular formula is C11H11NO5S2. The highest BCUT2D eigenvalue weighted by Crippen LogP contribution is 2.29. The maximum atomic E-state index is 11.9. The lowest BCUT2D eigenvalue weighted by atomic mass is 10.2. The predicted molar refractivity (Wildman–Crippen MR) is 69.5 cm³/mol. The van der Waals surface area contributed by atoms with E-state index in [-0.39, 0.29) is 17.1 Å². The first-order valence-electron chi connectivity index (χ1n) is 5.16. The number of carbonyl (C=O) groups excluding carboxylic acids is 2. The number of esters is 1. The summed E-state index contributed by atoms with van der Waals surface area (Å²) in [5.41, 5.74) is -0.146. The SMILES string of the molecule is CCOC(=O)c1cccc(SC)c1S(=O)(=O)N=C=O. The first kappa shape index (κ1) is 15.4. The number of thioether (sulfide) groups is 1. The fourth-order valence-corrected chi connectivity index (χ4v) is 3.42. The summed E-state index contributed by atoms with van der Waals surface area (Å²) in [5.74, 6) is -0.780. The minimum absolute atomic E-state index is 0.110. The van der Waals surface area contributed by atoms with Crippen LogP contribution in [0.25, 0.3) is 0 Å². The van der Waals surface area contributed by atoms with Crippen molar-refractivity contribution in [2.75, 3.05) is 12.9 Å². The molecule has 1 rings (SSSR count). The van der Waals surface area contributed by atoms with Crippen LogP contribution in [-0.4, -0.2) is 33.3 Å². The van der Waals surface area contributed by atoms with Crippen LogP contribution in [0.4, 0.5) is 0 Å². The quantitative estimate of drug-likeness (QED) is 0.355. The molecular weight excluding hydrogens is 290 g/mol. The van der Waals surface area contributed by atoms with E-state index in [1.807, 2.05) is 0 Å². The summed E-state index contributed by atoms with van der Waals surface area (Å²) in [4.78, 5) is 21.9. The van der Waals surface area contributed by atoms with Gasteiger partial charge >= 0.3 is 5.97 Å². The van der Waals surface area contributed by atoms with Crippen LogP contribution in [-0.2, 0) is 19.6 Å². The molecule has 102 valence electrons. The Morgan fingerprint density at radius 2 is 2.16 bits per heavy atom. The third-order valence-corrected chi connectivity index (χ3v) is 4.29. The Morgan fingerprint density at radius 1 is 1.47 bits per heavy atom. The summed E-state index contributed by atoms with van der Waals surface area (Å²) >= 11 is 1.12. The van der Waals surface area contributed by atoms with Crippen LogP contribution in [0.1, 0.15) is 17.3 Å². The number of hydrogen-bond acceptors (Lipinski definition) is 6. The van der Waals surface area contributed by atoms with Gasteiger partial charge in [0, 0.05) is 4.90 Å². The van der Waals surface area contributed by atoms with Crippen molar-refractivity contribution in [1.29, 1.82) is 0 Å². The van der Waals surface area contributed by atoms with Gasteiger partial charge < -0.3 is 4.74 Å². The van der Waals surface area contributed by atoms with Crippen molar-refractivity contribution in [1.82, 2.24) is 0 Å². The van der Waals surface area contributed by atoms with E-state index in [4.69, 9.17) is 4.74 Å². The van der Waals surface area contributed by atoms with E-state index in [0.717, 1.165) is 17.8 Å². The maximum Gasteiger partial charge on any atom is 0.339 e. The van der Waals surface area contributed by atoms with E-state index in [1.54, 1.807) is 13.2 Å². The van der Waals surface area contributed by atoms with E-state index < -0.39 is 16.0 Å². The van der Waals surface area contributed by atoms with E-state index in [1.165, 1.54) is 18.2 Å². The van der Waals surface area contributed by atoms with Crippen molar-refractivity contribution < 1.29 is 22.7 Å². The van der Waals surface area contributed by atoms with Crippen LogP contribution < -0.4 is 0 Å². The average molecular weight is 301 g/mol. The van der Waals surface area contributed by atoms with Crippen LogP contribution in [0.5, 0.6) is 0 Å². The summed E-state index contributed by atoms with van der Waals surface area (Å²) in [6.07, 6.45) is 2.63. The van der Waals surface area contributed by atoms with Crippen molar-refractivity contribution in [3.8, 4) is 0 Å². The molecule has 0 fully saturated rings. The highest BCUT2D eigenvalue weighted by Gasteiger charge is 2.26. The summed E-state index contributed by atoms with van der Waals surface area (Å²) in [6.45, 7) is 1.72. The van der Waals surface area contributed by atoms with Gasteiger partial charge in [0.1, 0.15) is 4.90 Å². The molecule has 1 aromatic carbocycles. The Hall–Kier alpha value is -1.63. The Kier molecular flexibility index (Phi) is 5.29. The second-order valence-electron chi connectivity index (χ2n) is 3.22. The zero-order chi connectivity index (χ0) is 14.5. The highest BCUT2D eigenvalue weighted by molar-refractivity contribution is 7.99. The number of benzene rings is 1. The molecule has 0 aliphatic rings. The number of isocyanates is 1. The zero-order valence-electron chi connectivity index (χ0n) is 10.2. The molecule has 0 bridgehead atoms. The van der Waals surface area contributed by atoms with Gasteiger partial charge in [-0.1, -0.05) is 10.5 Å². The smallest absolute Gasteiger partial charge is 0.339 e. The molecule has 0 saturated carbocycles. The van der Waals surface area contributed by atoms with Crippen LogP contribution >= 0.6 is 11.8 Å². The number of nitrogens with zero attached hydrogens (tertiary/aromatic N) is 1. The summed E-state index contributed by atoms with van der Waals surface area (Å²) in [6, 6.07) is 4.35. The first-order valence-corrected chi connectivity index (χ1v) is 7.82. The minimum Gasteiger partial charge on any atom is -0.462 e. The van der Waals surface area contributed by atoms with Crippen LogP contribution in [0.3, 0.4) is 0 Å². The molecule has 19 heavy (non-hydrogen) atoms. The van der Waals surface area contributed by atoms with Gasteiger partial charge in [-0.05, 0) is 25.3 Å². The van der Waals surface area contributed by atoms with Crippen LogP contribution in [0, 0.1) is 0 Å². The van der Waals surface area contributed by atoms with Gasteiger partial charge in [0.25, 0.3) is 16.1 Å². The minimum atomic E-state index is -4.27. The monoisotopic (exact) mass is 301 g/mol.